The highest BCUT2D eigenvalue weighted by Gasteiger charge is 2.10. The minimum atomic E-state index is -1.09. The van der Waals surface area contributed by atoms with Gasteiger partial charge in [0, 0.05) is 0 Å². The van der Waals surface area contributed by atoms with Crippen LogP contribution in [0, 0.1) is 6.92 Å². The second kappa shape index (κ2) is 4.28. The van der Waals surface area contributed by atoms with Gasteiger partial charge in [0.15, 0.2) is 0 Å². The quantitative estimate of drug-likeness (QED) is 0.772. The SMILES string of the molecule is Cc1ccc(-n2ncc(=O)[nH]c2=O)cc1C(=O)O. The Bertz CT molecular complexity index is 730. The Balaban J connectivity index is 2.65. The van der Waals surface area contributed by atoms with Crippen molar-refractivity contribution in [3.63, 3.8) is 0 Å². The van der Waals surface area contributed by atoms with Crippen LogP contribution in [-0.2, 0) is 0 Å². The van der Waals surface area contributed by atoms with E-state index in [2.05, 4.69) is 5.10 Å². The van der Waals surface area contributed by atoms with Gasteiger partial charge in [0.25, 0.3) is 5.56 Å². The lowest BCUT2D eigenvalue weighted by molar-refractivity contribution is 0.0696. The van der Waals surface area contributed by atoms with Crippen molar-refractivity contribution in [2.45, 2.75) is 6.92 Å². The van der Waals surface area contributed by atoms with Crippen molar-refractivity contribution in [1.82, 2.24) is 14.8 Å². The summed E-state index contributed by atoms with van der Waals surface area (Å²) in [5, 5.41) is 12.6. The predicted octanol–water partition coefficient (Wildman–Crippen LogP) is -0.0726. The van der Waals surface area contributed by atoms with Crippen LogP contribution in [0.25, 0.3) is 5.69 Å². The third kappa shape index (κ3) is 2.05. The van der Waals surface area contributed by atoms with Crippen molar-refractivity contribution >= 4 is 5.97 Å². The molecule has 2 aromatic rings. The molecule has 1 aromatic carbocycles. The minimum Gasteiger partial charge on any atom is -0.478 e. The second-order valence-electron chi connectivity index (χ2n) is 3.66. The van der Waals surface area contributed by atoms with Crippen LogP contribution >= 0.6 is 0 Å². The van der Waals surface area contributed by atoms with Gasteiger partial charge in [-0.15, -0.1) is 0 Å². The molecule has 2 rings (SSSR count). The predicted molar refractivity (Wildman–Crippen MR) is 62.2 cm³/mol. The number of hydrogen-bond acceptors (Lipinski definition) is 4. The topological polar surface area (TPSA) is 105 Å². The summed E-state index contributed by atoms with van der Waals surface area (Å²) < 4.78 is 0.924. The Kier molecular flexibility index (Phi) is 2.80. The number of aromatic carboxylic acids is 1. The van der Waals surface area contributed by atoms with Crippen molar-refractivity contribution in [1.29, 1.82) is 0 Å². The second-order valence-corrected chi connectivity index (χ2v) is 3.66. The Morgan fingerprint density at radius 2 is 2.11 bits per heavy atom. The first kappa shape index (κ1) is 11.8. The number of rotatable bonds is 2. The molecule has 0 spiro atoms. The van der Waals surface area contributed by atoms with Gasteiger partial charge in [-0.2, -0.15) is 9.78 Å². The maximum atomic E-state index is 11.5. The number of hydrogen-bond donors (Lipinski definition) is 2. The third-order valence-corrected chi connectivity index (χ3v) is 2.41. The summed E-state index contributed by atoms with van der Waals surface area (Å²) in [6.45, 7) is 1.65. The molecule has 0 aliphatic carbocycles. The van der Waals surface area contributed by atoms with Crippen molar-refractivity contribution in [2.24, 2.45) is 0 Å². The molecular formula is C11H9N3O4. The van der Waals surface area contributed by atoms with E-state index < -0.39 is 17.2 Å². The Morgan fingerprint density at radius 1 is 1.39 bits per heavy atom. The lowest BCUT2D eigenvalue weighted by Gasteiger charge is -2.06. The number of carbonyl (C=O) groups is 1. The first-order valence-electron chi connectivity index (χ1n) is 5.02. The highest BCUT2D eigenvalue weighted by atomic mass is 16.4. The molecule has 1 aromatic heterocycles. The number of benzene rings is 1. The van der Waals surface area contributed by atoms with E-state index in [1.165, 1.54) is 6.07 Å². The van der Waals surface area contributed by atoms with Crippen LogP contribution in [0.3, 0.4) is 0 Å². The fourth-order valence-electron chi connectivity index (χ4n) is 1.51. The highest BCUT2D eigenvalue weighted by Crippen LogP contribution is 2.12. The van der Waals surface area contributed by atoms with Crippen molar-refractivity contribution in [3.8, 4) is 5.69 Å². The van der Waals surface area contributed by atoms with Crippen molar-refractivity contribution in [2.75, 3.05) is 0 Å². The number of carboxylic acid groups (broad SMARTS) is 1. The van der Waals surface area contributed by atoms with Crippen LogP contribution in [0.5, 0.6) is 0 Å². The van der Waals surface area contributed by atoms with E-state index in [-0.39, 0.29) is 11.3 Å². The Labute approximate surface area is 100 Å². The molecular weight excluding hydrogens is 238 g/mol. The van der Waals surface area contributed by atoms with Crippen LogP contribution in [0.2, 0.25) is 0 Å². The molecule has 0 saturated carbocycles. The lowest BCUT2D eigenvalue weighted by Crippen LogP contribution is -2.30. The molecule has 0 fully saturated rings. The summed E-state index contributed by atoms with van der Waals surface area (Å²) in [7, 11) is 0. The van der Waals surface area contributed by atoms with E-state index in [0.717, 1.165) is 10.9 Å². The number of aryl methyl sites for hydroxylation is 1. The molecule has 0 radical (unpaired) electrons. The maximum absolute atomic E-state index is 11.5. The number of nitrogens with zero attached hydrogens (tertiary/aromatic N) is 2. The van der Waals surface area contributed by atoms with Crippen LogP contribution < -0.4 is 11.2 Å². The fourth-order valence-corrected chi connectivity index (χ4v) is 1.51. The average molecular weight is 247 g/mol. The van der Waals surface area contributed by atoms with Crippen LogP contribution in [0.4, 0.5) is 0 Å². The molecule has 0 unspecified atom stereocenters. The van der Waals surface area contributed by atoms with Crippen LogP contribution in [0.15, 0.2) is 34.0 Å². The van der Waals surface area contributed by atoms with Gasteiger partial charge in [-0.1, -0.05) is 6.07 Å². The van der Waals surface area contributed by atoms with E-state index in [4.69, 9.17) is 5.11 Å². The Morgan fingerprint density at radius 3 is 2.72 bits per heavy atom. The largest absolute Gasteiger partial charge is 0.478 e. The molecule has 7 heteroatoms. The van der Waals surface area contributed by atoms with Gasteiger partial charge in [-0.3, -0.25) is 9.78 Å². The zero-order valence-electron chi connectivity index (χ0n) is 9.38. The third-order valence-electron chi connectivity index (χ3n) is 2.41. The zero-order valence-corrected chi connectivity index (χ0v) is 9.38. The fraction of sp³-hybridized carbons (Fsp3) is 0.0909. The summed E-state index contributed by atoms with van der Waals surface area (Å²) in [6.07, 6.45) is 0.946. The smallest absolute Gasteiger partial charge is 0.349 e. The van der Waals surface area contributed by atoms with Gasteiger partial charge in [0.05, 0.1) is 11.3 Å². The molecule has 0 saturated heterocycles. The molecule has 0 aliphatic rings. The number of nitrogens with one attached hydrogen (secondary N) is 1. The number of aromatic nitrogens is 3. The zero-order chi connectivity index (χ0) is 13.3. The Hall–Kier alpha value is -2.70. The van der Waals surface area contributed by atoms with Crippen LogP contribution in [-0.4, -0.2) is 25.8 Å². The van der Waals surface area contributed by atoms with Gasteiger partial charge in [0.2, 0.25) is 0 Å². The maximum Gasteiger partial charge on any atom is 0.349 e. The summed E-state index contributed by atoms with van der Waals surface area (Å²) in [6, 6.07) is 4.44. The molecule has 0 bridgehead atoms. The lowest BCUT2D eigenvalue weighted by atomic mass is 10.1. The van der Waals surface area contributed by atoms with E-state index in [9.17, 15) is 14.4 Å². The van der Waals surface area contributed by atoms with Gasteiger partial charge < -0.3 is 5.11 Å². The summed E-state index contributed by atoms with van der Waals surface area (Å²) in [4.78, 5) is 35.4. The molecule has 0 aliphatic heterocycles. The van der Waals surface area contributed by atoms with Crippen LogP contribution in [0.1, 0.15) is 15.9 Å². The molecule has 1 heterocycles. The van der Waals surface area contributed by atoms with E-state index >= 15 is 0 Å². The average Bonchev–Trinajstić information content (AvgIpc) is 2.30. The monoisotopic (exact) mass is 247 g/mol. The van der Waals surface area contributed by atoms with E-state index in [1.54, 1.807) is 19.1 Å². The molecule has 0 atom stereocenters. The van der Waals surface area contributed by atoms with Crippen molar-refractivity contribution in [3.05, 3.63) is 56.4 Å². The molecule has 0 amide bonds. The standard InChI is InChI=1S/C11H9N3O4/c1-6-2-3-7(4-8(6)10(16)17)14-11(18)13-9(15)5-12-14/h2-5H,1H3,(H,16,17)(H,13,15,18). The van der Waals surface area contributed by atoms with E-state index in [0.29, 0.717) is 5.56 Å². The normalized spacial score (nSPS) is 10.3. The van der Waals surface area contributed by atoms with Gasteiger partial charge in [0.1, 0.15) is 6.20 Å². The number of H-pyrrole nitrogens is 1. The molecule has 92 valence electrons. The van der Waals surface area contributed by atoms with Crippen molar-refractivity contribution < 1.29 is 9.90 Å². The summed E-state index contributed by atoms with van der Waals surface area (Å²) >= 11 is 0. The first-order chi connectivity index (χ1) is 8.49. The minimum absolute atomic E-state index is 0.0763. The molecule has 18 heavy (non-hydrogen) atoms. The molecule has 7 nitrogen and oxygen atoms in total. The van der Waals surface area contributed by atoms with Gasteiger partial charge >= 0.3 is 11.7 Å². The summed E-state index contributed by atoms with van der Waals surface area (Å²) in [5.41, 5.74) is -0.403. The van der Waals surface area contributed by atoms with E-state index in [1.807, 2.05) is 4.98 Å². The highest BCUT2D eigenvalue weighted by molar-refractivity contribution is 5.90. The molecule has 2 N–H and O–H groups in total. The summed E-state index contributed by atoms with van der Waals surface area (Å²) in [5.74, 6) is -1.09. The number of aromatic amines is 1. The number of carboxylic acids is 1. The van der Waals surface area contributed by atoms with Gasteiger partial charge in [-0.25, -0.2) is 9.59 Å². The first-order valence-corrected chi connectivity index (χ1v) is 5.02. The van der Waals surface area contributed by atoms with Gasteiger partial charge in [-0.05, 0) is 24.6 Å².